The summed E-state index contributed by atoms with van der Waals surface area (Å²) in [4.78, 5) is 26.0. The van der Waals surface area contributed by atoms with Crippen LogP contribution in [-0.2, 0) is 22.6 Å². The van der Waals surface area contributed by atoms with Gasteiger partial charge in [-0.1, -0.05) is 23.8 Å². The van der Waals surface area contributed by atoms with Gasteiger partial charge in [0.25, 0.3) is 0 Å². The molecular formula is C22H23N5O2S. The summed E-state index contributed by atoms with van der Waals surface area (Å²) in [6.07, 6.45) is 1.06. The number of nitrogens with zero attached hydrogens (tertiary/aromatic N) is 3. The van der Waals surface area contributed by atoms with Crippen LogP contribution in [0.2, 0.25) is 0 Å². The molecule has 2 N–H and O–H groups in total. The molecule has 0 unspecified atom stereocenters. The number of aromatic amines is 1. The molecule has 0 radical (unpaired) electrons. The second kappa shape index (κ2) is 8.23. The molecule has 2 heterocycles. The van der Waals surface area contributed by atoms with Crippen LogP contribution in [0.4, 0.5) is 11.4 Å². The number of fused-ring (bicyclic) bond motifs is 1. The number of rotatable bonds is 5. The molecule has 2 aromatic carbocycles. The lowest BCUT2D eigenvalue weighted by atomic mass is 10.1. The van der Waals surface area contributed by atoms with Crippen molar-refractivity contribution in [1.82, 2.24) is 14.8 Å². The summed E-state index contributed by atoms with van der Waals surface area (Å²) in [6, 6.07) is 13.7. The first-order chi connectivity index (χ1) is 14.4. The highest BCUT2D eigenvalue weighted by molar-refractivity contribution is 7.71. The van der Waals surface area contributed by atoms with Gasteiger partial charge in [-0.3, -0.25) is 19.3 Å². The van der Waals surface area contributed by atoms with Gasteiger partial charge in [-0.05, 0) is 55.4 Å². The van der Waals surface area contributed by atoms with E-state index in [4.69, 9.17) is 12.2 Å². The van der Waals surface area contributed by atoms with Gasteiger partial charge in [-0.2, -0.15) is 5.10 Å². The van der Waals surface area contributed by atoms with Gasteiger partial charge < -0.3 is 10.2 Å². The van der Waals surface area contributed by atoms with Crippen molar-refractivity contribution in [2.75, 3.05) is 16.8 Å². The van der Waals surface area contributed by atoms with E-state index in [2.05, 4.69) is 15.5 Å². The van der Waals surface area contributed by atoms with Crippen LogP contribution in [0.5, 0.6) is 0 Å². The average Bonchev–Trinajstić information content (AvgIpc) is 3.29. The zero-order valence-corrected chi connectivity index (χ0v) is 17.8. The van der Waals surface area contributed by atoms with Crippen LogP contribution < -0.4 is 10.2 Å². The van der Waals surface area contributed by atoms with Gasteiger partial charge in [0.05, 0.1) is 0 Å². The summed E-state index contributed by atoms with van der Waals surface area (Å²) >= 11 is 5.35. The van der Waals surface area contributed by atoms with Gasteiger partial charge in [-0.25, -0.2) is 0 Å². The average molecular weight is 422 g/mol. The Hall–Kier alpha value is -3.26. The van der Waals surface area contributed by atoms with Crippen molar-refractivity contribution in [2.24, 2.45) is 0 Å². The Balaban J connectivity index is 1.44. The highest BCUT2D eigenvalue weighted by Crippen LogP contribution is 2.30. The molecule has 1 aliphatic heterocycles. The quantitative estimate of drug-likeness (QED) is 0.613. The number of hydrogen-bond acceptors (Lipinski definition) is 4. The minimum absolute atomic E-state index is 0.0341. The second-order valence-corrected chi connectivity index (χ2v) is 7.82. The fraction of sp³-hybridized carbons (Fsp3) is 0.273. The standard InChI is InChI=1S/C22H23N5O2S/c1-14-4-3-5-17(12-14)21-24-25-22(30)27(21)11-9-20(29)23-18-6-7-19-16(13-18)8-10-26(19)15(2)28/h3-7,12-13H,8-11H2,1-2H3,(H,23,29)(H,25,30). The number of benzene rings is 2. The van der Waals surface area contributed by atoms with Crippen molar-refractivity contribution in [2.45, 2.75) is 33.2 Å². The Morgan fingerprint density at radius 3 is 2.83 bits per heavy atom. The molecule has 8 heteroatoms. The topological polar surface area (TPSA) is 83.0 Å². The third-order valence-electron chi connectivity index (χ3n) is 5.24. The van der Waals surface area contributed by atoms with Crippen LogP contribution in [0.1, 0.15) is 24.5 Å². The molecule has 0 saturated carbocycles. The highest BCUT2D eigenvalue weighted by atomic mass is 32.1. The lowest BCUT2D eigenvalue weighted by Crippen LogP contribution is -2.25. The molecule has 0 spiro atoms. The van der Waals surface area contributed by atoms with Crippen molar-refractivity contribution in [3.63, 3.8) is 0 Å². The van der Waals surface area contributed by atoms with Crippen LogP contribution in [0.3, 0.4) is 0 Å². The predicted molar refractivity (Wildman–Crippen MR) is 119 cm³/mol. The van der Waals surface area contributed by atoms with Crippen molar-refractivity contribution in [3.05, 3.63) is 58.4 Å². The lowest BCUT2D eigenvalue weighted by molar-refractivity contribution is -0.117. The van der Waals surface area contributed by atoms with Crippen LogP contribution in [-0.4, -0.2) is 33.1 Å². The van der Waals surface area contributed by atoms with E-state index in [9.17, 15) is 9.59 Å². The molecule has 154 valence electrons. The summed E-state index contributed by atoms with van der Waals surface area (Å²) in [5, 5.41) is 10.1. The Labute approximate surface area is 179 Å². The van der Waals surface area contributed by atoms with Gasteiger partial charge in [0, 0.05) is 43.4 Å². The van der Waals surface area contributed by atoms with Gasteiger partial charge in [0.2, 0.25) is 11.8 Å². The number of carbonyl (C=O) groups excluding carboxylic acids is 2. The number of carbonyl (C=O) groups is 2. The van der Waals surface area contributed by atoms with E-state index in [0.717, 1.165) is 40.3 Å². The van der Waals surface area contributed by atoms with E-state index < -0.39 is 0 Å². The minimum Gasteiger partial charge on any atom is -0.326 e. The van der Waals surface area contributed by atoms with Crippen LogP contribution in [0, 0.1) is 11.7 Å². The van der Waals surface area contributed by atoms with Crippen LogP contribution >= 0.6 is 12.2 Å². The molecular weight excluding hydrogens is 398 g/mol. The number of hydrogen-bond donors (Lipinski definition) is 2. The first-order valence-electron chi connectivity index (χ1n) is 9.85. The molecule has 1 aliphatic rings. The van der Waals surface area contributed by atoms with Gasteiger partial charge in [0.15, 0.2) is 10.6 Å². The predicted octanol–water partition coefficient (Wildman–Crippen LogP) is 3.85. The lowest BCUT2D eigenvalue weighted by Gasteiger charge is -2.15. The van der Waals surface area contributed by atoms with Gasteiger partial charge >= 0.3 is 0 Å². The summed E-state index contributed by atoms with van der Waals surface area (Å²) in [7, 11) is 0. The number of H-pyrrole nitrogens is 1. The molecule has 30 heavy (non-hydrogen) atoms. The van der Waals surface area contributed by atoms with Crippen LogP contribution in [0.25, 0.3) is 11.4 Å². The second-order valence-electron chi connectivity index (χ2n) is 7.44. The molecule has 7 nitrogen and oxygen atoms in total. The monoisotopic (exact) mass is 421 g/mol. The third kappa shape index (κ3) is 4.04. The maximum Gasteiger partial charge on any atom is 0.226 e. The maximum absolute atomic E-state index is 12.5. The molecule has 3 aromatic rings. The molecule has 0 aliphatic carbocycles. The van der Waals surface area contributed by atoms with Crippen molar-refractivity contribution < 1.29 is 9.59 Å². The Morgan fingerprint density at radius 1 is 1.23 bits per heavy atom. The minimum atomic E-state index is -0.102. The summed E-state index contributed by atoms with van der Waals surface area (Å²) in [5.41, 5.74) is 4.82. The number of amides is 2. The van der Waals surface area contributed by atoms with Crippen molar-refractivity contribution in [1.29, 1.82) is 0 Å². The molecule has 1 aromatic heterocycles. The molecule has 2 amide bonds. The zero-order chi connectivity index (χ0) is 21.3. The van der Waals surface area contributed by atoms with Crippen molar-refractivity contribution >= 4 is 35.4 Å². The number of aromatic nitrogens is 3. The molecule has 0 bridgehead atoms. The first-order valence-corrected chi connectivity index (χ1v) is 10.3. The van der Waals surface area contributed by atoms with E-state index in [1.807, 2.05) is 54.0 Å². The normalized spacial score (nSPS) is 12.7. The molecule has 4 rings (SSSR count). The largest absolute Gasteiger partial charge is 0.326 e. The third-order valence-corrected chi connectivity index (χ3v) is 5.55. The van der Waals surface area contributed by atoms with Gasteiger partial charge in [-0.15, -0.1) is 0 Å². The van der Waals surface area contributed by atoms with E-state index in [0.29, 0.717) is 17.9 Å². The SMILES string of the molecule is CC(=O)N1CCc2cc(NC(=O)CCn3c(-c4cccc(C)c4)n[nH]c3=S)ccc21. The fourth-order valence-corrected chi connectivity index (χ4v) is 4.00. The van der Waals surface area contributed by atoms with Crippen LogP contribution in [0.15, 0.2) is 42.5 Å². The van der Waals surface area contributed by atoms with Gasteiger partial charge in [0.1, 0.15) is 0 Å². The van der Waals surface area contributed by atoms with E-state index in [-0.39, 0.29) is 18.2 Å². The molecule has 0 atom stereocenters. The van der Waals surface area contributed by atoms with E-state index >= 15 is 0 Å². The Bertz CT molecular complexity index is 1180. The molecule has 0 saturated heterocycles. The van der Waals surface area contributed by atoms with Crippen molar-refractivity contribution in [3.8, 4) is 11.4 Å². The number of aryl methyl sites for hydroxylation is 1. The Kier molecular flexibility index (Phi) is 5.50. The highest BCUT2D eigenvalue weighted by Gasteiger charge is 2.22. The number of nitrogens with one attached hydrogen (secondary N) is 2. The van der Waals surface area contributed by atoms with E-state index in [1.165, 1.54) is 0 Å². The smallest absolute Gasteiger partial charge is 0.226 e. The summed E-state index contributed by atoms with van der Waals surface area (Å²) in [6.45, 7) is 4.70. The maximum atomic E-state index is 12.5. The molecule has 0 fully saturated rings. The fourth-order valence-electron chi connectivity index (χ4n) is 3.77. The summed E-state index contributed by atoms with van der Waals surface area (Å²) in [5.74, 6) is 0.653. The zero-order valence-electron chi connectivity index (χ0n) is 16.9. The Morgan fingerprint density at radius 2 is 2.07 bits per heavy atom. The first kappa shape index (κ1) is 20.0. The number of anilines is 2. The van der Waals surface area contributed by atoms with E-state index in [1.54, 1.807) is 11.8 Å². The summed E-state index contributed by atoms with van der Waals surface area (Å²) < 4.78 is 2.33.